The molecule has 0 spiro atoms. The molecule has 0 saturated carbocycles. The van der Waals surface area contributed by atoms with E-state index in [1.54, 1.807) is 0 Å². The molecule has 0 aliphatic rings. The number of alkyl halides is 1. The Morgan fingerprint density at radius 1 is 1.62 bits per heavy atom. The molecule has 0 fully saturated rings. The first-order valence-electron chi connectivity index (χ1n) is 3.10. The quantitative estimate of drug-likeness (QED) is 0.570. The van der Waals surface area contributed by atoms with Gasteiger partial charge in [0, 0.05) is 10.5 Å². The van der Waals surface area contributed by atoms with Gasteiger partial charge in [-0.15, -0.1) is 0 Å². The van der Waals surface area contributed by atoms with Gasteiger partial charge in [-0.2, -0.15) is 0 Å². The lowest BCUT2D eigenvalue weighted by Crippen LogP contribution is -2.27. The van der Waals surface area contributed by atoms with Crippen molar-refractivity contribution in [2.24, 2.45) is 0 Å². The first kappa shape index (κ1) is 8.69. The molecule has 0 aliphatic heterocycles. The minimum Gasteiger partial charge on any atom is -0.314 e. The Hall–Kier alpha value is 0.690. The third-order valence-electron chi connectivity index (χ3n) is 0.974. The third-order valence-corrected chi connectivity index (χ3v) is 2.30. The summed E-state index contributed by atoms with van der Waals surface area (Å²) in [5.74, 6) is 0. The number of hydrogen-bond donors (Lipinski definition) is 1. The Morgan fingerprint density at radius 2 is 2.25 bits per heavy atom. The molecule has 0 saturated heterocycles. The second kappa shape index (κ2) is 5.82. The summed E-state index contributed by atoms with van der Waals surface area (Å²) in [7, 11) is 0. The zero-order chi connectivity index (χ0) is 6.41. The van der Waals surface area contributed by atoms with E-state index < -0.39 is 0 Å². The van der Waals surface area contributed by atoms with Crippen molar-refractivity contribution in [2.75, 3.05) is 11.0 Å². The summed E-state index contributed by atoms with van der Waals surface area (Å²) in [5.41, 5.74) is 0. The molecule has 1 unspecified atom stereocenters. The van der Waals surface area contributed by atoms with Crippen LogP contribution in [0.4, 0.5) is 0 Å². The molecule has 1 N–H and O–H groups in total. The van der Waals surface area contributed by atoms with Gasteiger partial charge in [0.15, 0.2) is 0 Å². The van der Waals surface area contributed by atoms with Gasteiger partial charge in [-0.3, -0.25) is 0 Å². The van der Waals surface area contributed by atoms with Gasteiger partial charge in [0.1, 0.15) is 0 Å². The van der Waals surface area contributed by atoms with Crippen molar-refractivity contribution in [3.8, 4) is 0 Å². The summed E-state index contributed by atoms with van der Waals surface area (Å²) in [6.45, 7) is 5.55. The largest absolute Gasteiger partial charge is 0.314 e. The molecule has 0 aromatic heterocycles. The Balaban J connectivity index is 2.86. The SMILES string of the molecule is CCCNC(C)CI. The topological polar surface area (TPSA) is 12.0 Å². The lowest BCUT2D eigenvalue weighted by atomic mass is 10.4. The fraction of sp³-hybridized carbons (Fsp3) is 1.00. The van der Waals surface area contributed by atoms with E-state index in [-0.39, 0.29) is 0 Å². The highest BCUT2D eigenvalue weighted by molar-refractivity contribution is 14.1. The highest BCUT2D eigenvalue weighted by atomic mass is 127. The van der Waals surface area contributed by atoms with Gasteiger partial charge in [0.05, 0.1) is 0 Å². The predicted octanol–water partition coefficient (Wildman–Crippen LogP) is 1.81. The van der Waals surface area contributed by atoms with Gasteiger partial charge in [-0.25, -0.2) is 0 Å². The maximum atomic E-state index is 3.37. The van der Waals surface area contributed by atoms with E-state index in [1.807, 2.05) is 0 Å². The number of hydrogen-bond acceptors (Lipinski definition) is 1. The first-order chi connectivity index (χ1) is 3.81. The monoisotopic (exact) mass is 227 g/mol. The van der Waals surface area contributed by atoms with Gasteiger partial charge >= 0.3 is 0 Å². The molecule has 2 heteroatoms. The molecular formula is C6H14IN. The fourth-order valence-corrected chi connectivity index (χ4v) is 0.757. The Morgan fingerprint density at radius 3 is 2.62 bits per heavy atom. The lowest BCUT2D eigenvalue weighted by Gasteiger charge is -2.07. The smallest absolute Gasteiger partial charge is 0.0147 e. The van der Waals surface area contributed by atoms with Gasteiger partial charge in [0.2, 0.25) is 0 Å². The summed E-state index contributed by atoms with van der Waals surface area (Å²) in [5, 5.41) is 3.37. The maximum absolute atomic E-state index is 3.37. The number of halogens is 1. The minimum absolute atomic E-state index is 0.690. The van der Waals surface area contributed by atoms with Gasteiger partial charge in [-0.1, -0.05) is 29.5 Å². The highest BCUT2D eigenvalue weighted by Crippen LogP contribution is 1.88. The first-order valence-corrected chi connectivity index (χ1v) is 4.63. The van der Waals surface area contributed by atoms with E-state index >= 15 is 0 Å². The summed E-state index contributed by atoms with van der Waals surface area (Å²) in [6.07, 6.45) is 1.24. The Bertz CT molecular complexity index is 47.8. The van der Waals surface area contributed by atoms with E-state index in [0.717, 1.165) is 6.54 Å². The highest BCUT2D eigenvalue weighted by Gasteiger charge is 1.93. The van der Waals surface area contributed by atoms with Crippen LogP contribution in [-0.2, 0) is 0 Å². The molecule has 0 heterocycles. The molecule has 8 heavy (non-hydrogen) atoms. The van der Waals surface area contributed by atoms with Crippen molar-refractivity contribution in [2.45, 2.75) is 26.3 Å². The number of nitrogens with one attached hydrogen (secondary N) is 1. The van der Waals surface area contributed by atoms with Gasteiger partial charge in [-0.05, 0) is 19.9 Å². The van der Waals surface area contributed by atoms with Crippen LogP contribution in [0.3, 0.4) is 0 Å². The third kappa shape index (κ3) is 4.84. The van der Waals surface area contributed by atoms with Crippen LogP contribution in [0, 0.1) is 0 Å². The predicted molar refractivity (Wildman–Crippen MR) is 46.6 cm³/mol. The summed E-state index contributed by atoms with van der Waals surface area (Å²) in [6, 6.07) is 0.690. The summed E-state index contributed by atoms with van der Waals surface area (Å²) >= 11 is 2.39. The van der Waals surface area contributed by atoms with E-state index in [9.17, 15) is 0 Å². The van der Waals surface area contributed by atoms with Crippen LogP contribution < -0.4 is 5.32 Å². The molecule has 50 valence electrons. The second-order valence-electron chi connectivity index (χ2n) is 2.01. The van der Waals surface area contributed by atoms with Crippen LogP contribution in [-0.4, -0.2) is 17.0 Å². The average molecular weight is 227 g/mol. The molecule has 0 aliphatic carbocycles. The zero-order valence-electron chi connectivity index (χ0n) is 5.58. The van der Waals surface area contributed by atoms with Crippen LogP contribution in [0.1, 0.15) is 20.3 Å². The maximum Gasteiger partial charge on any atom is 0.0147 e. The van der Waals surface area contributed by atoms with Gasteiger partial charge < -0.3 is 5.32 Å². The van der Waals surface area contributed by atoms with Crippen molar-refractivity contribution in [3.05, 3.63) is 0 Å². The van der Waals surface area contributed by atoms with E-state index in [4.69, 9.17) is 0 Å². The molecule has 0 rings (SSSR count). The van der Waals surface area contributed by atoms with Crippen LogP contribution in [0.25, 0.3) is 0 Å². The number of rotatable bonds is 4. The standard InChI is InChI=1S/C6H14IN/c1-3-4-8-6(2)5-7/h6,8H,3-5H2,1-2H3. The zero-order valence-corrected chi connectivity index (χ0v) is 7.73. The van der Waals surface area contributed by atoms with Crippen molar-refractivity contribution in [1.29, 1.82) is 0 Å². The molecule has 0 amide bonds. The molecule has 1 nitrogen and oxygen atoms in total. The van der Waals surface area contributed by atoms with Gasteiger partial charge in [0.25, 0.3) is 0 Å². The Labute approximate surface area is 65.4 Å². The van der Waals surface area contributed by atoms with E-state index in [1.165, 1.54) is 10.8 Å². The average Bonchev–Trinajstić information content (AvgIpc) is 1.83. The molecule has 0 bridgehead atoms. The van der Waals surface area contributed by atoms with E-state index in [0.29, 0.717) is 6.04 Å². The van der Waals surface area contributed by atoms with Crippen molar-refractivity contribution in [1.82, 2.24) is 5.32 Å². The molecular weight excluding hydrogens is 213 g/mol. The van der Waals surface area contributed by atoms with Crippen molar-refractivity contribution < 1.29 is 0 Å². The lowest BCUT2D eigenvalue weighted by molar-refractivity contribution is 0.595. The van der Waals surface area contributed by atoms with Crippen molar-refractivity contribution >= 4 is 22.6 Å². The van der Waals surface area contributed by atoms with Crippen LogP contribution >= 0.6 is 22.6 Å². The molecule has 0 aromatic carbocycles. The fourth-order valence-electron chi connectivity index (χ4n) is 0.445. The summed E-state index contributed by atoms with van der Waals surface area (Å²) in [4.78, 5) is 0. The minimum atomic E-state index is 0.690. The van der Waals surface area contributed by atoms with Crippen molar-refractivity contribution in [3.63, 3.8) is 0 Å². The molecule has 1 atom stereocenters. The second-order valence-corrected chi connectivity index (χ2v) is 2.89. The summed E-state index contributed by atoms with van der Waals surface area (Å²) < 4.78 is 1.21. The molecule has 0 aromatic rings. The molecule has 0 radical (unpaired) electrons. The Kier molecular flexibility index (Phi) is 6.32. The normalized spacial score (nSPS) is 13.9. The van der Waals surface area contributed by atoms with Crippen LogP contribution in [0.5, 0.6) is 0 Å². The van der Waals surface area contributed by atoms with Crippen LogP contribution in [0.2, 0.25) is 0 Å². The van der Waals surface area contributed by atoms with Crippen LogP contribution in [0.15, 0.2) is 0 Å². The van der Waals surface area contributed by atoms with E-state index in [2.05, 4.69) is 41.8 Å².